The van der Waals surface area contributed by atoms with Gasteiger partial charge in [0, 0.05) is 17.2 Å². The quantitative estimate of drug-likeness (QED) is 0.862. The van der Waals surface area contributed by atoms with Crippen LogP contribution in [0, 0.1) is 11.7 Å². The second-order valence-electron chi connectivity index (χ2n) is 6.46. The van der Waals surface area contributed by atoms with Gasteiger partial charge in [-0.3, -0.25) is 0 Å². The number of halogens is 2. The monoisotopic (exact) mass is 312 g/mol. The van der Waals surface area contributed by atoms with E-state index in [1.54, 1.807) is 12.1 Å². The van der Waals surface area contributed by atoms with E-state index in [1.165, 1.54) is 25.3 Å². The van der Waals surface area contributed by atoms with Crippen molar-refractivity contribution in [2.24, 2.45) is 5.92 Å². The SMILES string of the molecule is OC(c1ccc(Cl)cc1F)C1CCOC2(CCCCC2)C1. The first-order valence-electron chi connectivity index (χ1n) is 7.87. The van der Waals surface area contributed by atoms with E-state index in [-0.39, 0.29) is 11.5 Å². The van der Waals surface area contributed by atoms with E-state index in [0.29, 0.717) is 17.2 Å². The molecule has 1 saturated heterocycles. The van der Waals surface area contributed by atoms with Crippen LogP contribution in [0.5, 0.6) is 0 Å². The van der Waals surface area contributed by atoms with Crippen LogP contribution in [0.1, 0.15) is 56.6 Å². The molecule has 1 aromatic carbocycles. The lowest BCUT2D eigenvalue weighted by Gasteiger charge is -2.44. The maximum Gasteiger partial charge on any atom is 0.130 e. The molecule has 4 heteroatoms. The predicted molar refractivity (Wildman–Crippen MR) is 80.9 cm³/mol. The Morgan fingerprint density at radius 3 is 2.76 bits per heavy atom. The van der Waals surface area contributed by atoms with E-state index in [0.717, 1.165) is 25.7 Å². The first kappa shape index (κ1) is 15.3. The van der Waals surface area contributed by atoms with Crippen molar-refractivity contribution in [3.05, 3.63) is 34.6 Å². The molecule has 2 aliphatic rings. The molecule has 116 valence electrons. The highest BCUT2D eigenvalue weighted by Crippen LogP contribution is 2.44. The summed E-state index contributed by atoms with van der Waals surface area (Å²) in [5.41, 5.74) is 0.280. The summed E-state index contributed by atoms with van der Waals surface area (Å²) in [6, 6.07) is 4.51. The normalized spacial score (nSPS) is 26.7. The van der Waals surface area contributed by atoms with Crippen LogP contribution in [-0.2, 0) is 4.74 Å². The minimum absolute atomic E-state index is 0.0625. The largest absolute Gasteiger partial charge is 0.388 e. The molecule has 1 heterocycles. The highest BCUT2D eigenvalue weighted by atomic mass is 35.5. The Labute approximate surface area is 130 Å². The third kappa shape index (κ3) is 3.25. The van der Waals surface area contributed by atoms with Crippen molar-refractivity contribution in [2.45, 2.75) is 56.7 Å². The summed E-state index contributed by atoms with van der Waals surface area (Å²) in [6.07, 6.45) is 6.63. The summed E-state index contributed by atoms with van der Waals surface area (Å²) >= 11 is 5.78. The van der Waals surface area contributed by atoms with Crippen molar-refractivity contribution < 1.29 is 14.2 Å². The van der Waals surface area contributed by atoms with Gasteiger partial charge in [0.1, 0.15) is 5.82 Å². The van der Waals surface area contributed by atoms with Crippen molar-refractivity contribution in [2.75, 3.05) is 6.61 Å². The summed E-state index contributed by atoms with van der Waals surface area (Å²) in [7, 11) is 0. The van der Waals surface area contributed by atoms with Crippen molar-refractivity contribution in [1.29, 1.82) is 0 Å². The Morgan fingerprint density at radius 1 is 1.29 bits per heavy atom. The molecule has 1 aliphatic heterocycles. The molecule has 1 saturated carbocycles. The fraction of sp³-hybridized carbons (Fsp3) is 0.647. The van der Waals surface area contributed by atoms with Gasteiger partial charge in [-0.1, -0.05) is 36.9 Å². The van der Waals surface area contributed by atoms with E-state index in [4.69, 9.17) is 16.3 Å². The number of benzene rings is 1. The average Bonchev–Trinajstić information content (AvgIpc) is 2.47. The van der Waals surface area contributed by atoms with Crippen LogP contribution < -0.4 is 0 Å². The molecule has 2 fully saturated rings. The van der Waals surface area contributed by atoms with Crippen molar-refractivity contribution in [3.63, 3.8) is 0 Å². The zero-order valence-electron chi connectivity index (χ0n) is 12.2. The van der Waals surface area contributed by atoms with Gasteiger partial charge in [-0.25, -0.2) is 4.39 Å². The van der Waals surface area contributed by atoms with Gasteiger partial charge in [-0.2, -0.15) is 0 Å². The maximum absolute atomic E-state index is 14.0. The molecular weight excluding hydrogens is 291 g/mol. The first-order chi connectivity index (χ1) is 10.1. The molecule has 1 spiro atoms. The zero-order valence-corrected chi connectivity index (χ0v) is 12.9. The van der Waals surface area contributed by atoms with Crippen LogP contribution in [0.15, 0.2) is 18.2 Å². The van der Waals surface area contributed by atoms with Gasteiger partial charge in [0.05, 0.1) is 11.7 Å². The number of aliphatic hydroxyl groups is 1. The number of rotatable bonds is 2. The number of ether oxygens (including phenoxy) is 1. The van der Waals surface area contributed by atoms with E-state index in [9.17, 15) is 9.50 Å². The summed E-state index contributed by atoms with van der Waals surface area (Å²) in [5.74, 6) is -0.355. The van der Waals surface area contributed by atoms with Gasteiger partial charge in [-0.15, -0.1) is 0 Å². The summed E-state index contributed by atoms with van der Waals surface area (Å²) in [5, 5.41) is 11.0. The molecule has 2 atom stereocenters. The van der Waals surface area contributed by atoms with Gasteiger partial charge in [0.2, 0.25) is 0 Å². The van der Waals surface area contributed by atoms with Gasteiger partial charge in [-0.05, 0) is 43.7 Å². The van der Waals surface area contributed by atoms with Gasteiger partial charge in [0.25, 0.3) is 0 Å². The molecule has 0 bridgehead atoms. The van der Waals surface area contributed by atoms with Gasteiger partial charge >= 0.3 is 0 Å². The molecule has 1 aliphatic carbocycles. The fourth-order valence-electron chi connectivity index (χ4n) is 3.88. The van der Waals surface area contributed by atoms with Crippen molar-refractivity contribution >= 4 is 11.6 Å². The van der Waals surface area contributed by atoms with Crippen LogP contribution in [0.3, 0.4) is 0 Å². The highest BCUT2D eigenvalue weighted by molar-refractivity contribution is 6.30. The second-order valence-corrected chi connectivity index (χ2v) is 6.89. The molecule has 2 nitrogen and oxygen atoms in total. The smallest absolute Gasteiger partial charge is 0.130 e. The molecule has 21 heavy (non-hydrogen) atoms. The standard InChI is InChI=1S/C17H22ClFO2/c18-13-4-5-14(15(19)10-13)16(20)12-6-9-21-17(11-12)7-2-1-3-8-17/h4-5,10,12,16,20H,1-3,6-9,11H2. The molecule has 3 rings (SSSR count). The van der Waals surface area contributed by atoms with Crippen molar-refractivity contribution in [1.82, 2.24) is 0 Å². The number of hydrogen-bond donors (Lipinski definition) is 1. The lowest BCUT2D eigenvalue weighted by atomic mass is 9.74. The number of hydrogen-bond acceptors (Lipinski definition) is 2. The Hall–Kier alpha value is -0.640. The third-order valence-corrected chi connectivity index (χ3v) is 5.26. The fourth-order valence-corrected chi connectivity index (χ4v) is 4.03. The molecule has 2 unspecified atom stereocenters. The summed E-state index contributed by atoms with van der Waals surface area (Å²) < 4.78 is 20.1. The molecule has 1 N–H and O–H groups in total. The summed E-state index contributed by atoms with van der Waals surface area (Å²) in [4.78, 5) is 0. The van der Waals surface area contributed by atoms with Crippen LogP contribution in [0.2, 0.25) is 5.02 Å². The minimum Gasteiger partial charge on any atom is -0.388 e. The highest BCUT2D eigenvalue weighted by Gasteiger charge is 2.41. The van der Waals surface area contributed by atoms with Crippen LogP contribution in [-0.4, -0.2) is 17.3 Å². The summed E-state index contributed by atoms with van der Waals surface area (Å²) in [6.45, 7) is 0.664. The average molecular weight is 313 g/mol. The maximum atomic E-state index is 14.0. The van der Waals surface area contributed by atoms with E-state index in [1.807, 2.05) is 0 Å². The second kappa shape index (κ2) is 6.23. The molecule has 0 aromatic heterocycles. The molecule has 0 amide bonds. The van der Waals surface area contributed by atoms with Gasteiger partial charge in [0.15, 0.2) is 0 Å². The topological polar surface area (TPSA) is 29.5 Å². The zero-order chi connectivity index (χ0) is 14.9. The third-order valence-electron chi connectivity index (χ3n) is 5.02. The Balaban J connectivity index is 1.76. The Morgan fingerprint density at radius 2 is 2.05 bits per heavy atom. The van der Waals surface area contributed by atoms with Gasteiger partial charge < -0.3 is 9.84 Å². The minimum atomic E-state index is -0.773. The van der Waals surface area contributed by atoms with E-state index >= 15 is 0 Å². The number of aliphatic hydroxyl groups excluding tert-OH is 1. The lowest BCUT2D eigenvalue weighted by Crippen LogP contribution is -2.42. The predicted octanol–water partition coefficient (Wildman–Crippen LogP) is 4.64. The van der Waals surface area contributed by atoms with Crippen molar-refractivity contribution in [3.8, 4) is 0 Å². The molecule has 0 radical (unpaired) electrons. The molecular formula is C17H22ClFO2. The van der Waals surface area contributed by atoms with Crippen LogP contribution >= 0.6 is 11.6 Å². The van der Waals surface area contributed by atoms with E-state index in [2.05, 4.69) is 0 Å². The van der Waals surface area contributed by atoms with Crippen LogP contribution in [0.4, 0.5) is 4.39 Å². The Bertz CT molecular complexity index is 494. The van der Waals surface area contributed by atoms with E-state index < -0.39 is 11.9 Å². The molecule has 1 aromatic rings. The Kier molecular flexibility index (Phi) is 4.53. The first-order valence-corrected chi connectivity index (χ1v) is 8.24. The lowest BCUT2D eigenvalue weighted by molar-refractivity contribution is -0.134. The van der Waals surface area contributed by atoms with Crippen LogP contribution in [0.25, 0.3) is 0 Å².